The van der Waals surface area contributed by atoms with Gasteiger partial charge in [-0.1, -0.05) is 12.2 Å². The first-order valence-corrected chi connectivity index (χ1v) is 9.03. The van der Waals surface area contributed by atoms with Gasteiger partial charge in [0.15, 0.2) is 10.3 Å². The van der Waals surface area contributed by atoms with Crippen LogP contribution in [0.3, 0.4) is 0 Å². The Kier molecular flexibility index (Phi) is 6.02. The van der Waals surface area contributed by atoms with Crippen molar-refractivity contribution in [3.05, 3.63) is 36.9 Å². The second-order valence-electron chi connectivity index (χ2n) is 5.04. The van der Waals surface area contributed by atoms with Crippen LogP contribution in [-0.4, -0.2) is 44.5 Å². The second kappa shape index (κ2) is 8.02. The van der Waals surface area contributed by atoms with Gasteiger partial charge in [-0.2, -0.15) is 5.10 Å². The van der Waals surface area contributed by atoms with Crippen LogP contribution < -0.4 is 14.2 Å². The molecule has 136 valence electrons. The van der Waals surface area contributed by atoms with E-state index in [1.54, 1.807) is 12.2 Å². The van der Waals surface area contributed by atoms with E-state index in [-0.39, 0.29) is 22.8 Å². The van der Waals surface area contributed by atoms with Gasteiger partial charge in [-0.15, -0.1) is 0 Å². The van der Waals surface area contributed by atoms with Gasteiger partial charge >= 0.3 is 0 Å². The summed E-state index contributed by atoms with van der Waals surface area (Å²) in [4.78, 5) is 3.80. The van der Waals surface area contributed by atoms with Gasteiger partial charge < -0.3 is 14.2 Å². The zero-order chi connectivity index (χ0) is 18.4. The predicted molar refractivity (Wildman–Crippen MR) is 91.8 cm³/mol. The molecule has 1 aromatic heterocycles. The number of hydrogen-bond acceptors (Lipinski definition) is 7. The first kappa shape index (κ1) is 18.8. The van der Waals surface area contributed by atoms with Crippen LogP contribution in [0.25, 0.3) is 0 Å². The Morgan fingerprint density at radius 1 is 1.16 bits per heavy atom. The molecule has 1 aromatic carbocycles. The molecular weight excluding hydrogens is 346 g/mol. The molecule has 25 heavy (non-hydrogen) atoms. The summed E-state index contributed by atoms with van der Waals surface area (Å²) in [6.07, 6.45) is 6.42. The lowest BCUT2D eigenvalue weighted by Gasteiger charge is -2.20. The van der Waals surface area contributed by atoms with Crippen molar-refractivity contribution in [2.24, 2.45) is 0 Å². The molecule has 0 radical (unpaired) electrons. The van der Waals surface area contributed by atoms with Gasteiger partial charge in [-0.05, 0) is 6.92 Å². The van der Waals surface area contributed by atoms with Crippen LogP contribution in [0.1, 0.15) is 18.7 Å². The Morgan fingerprint density at radius 3 is 2.24 bits per heavy atom. The topological polar surface area (TPSA) is 92.5 Å². The van der Waals surface area contributed by atoms with Crippen molar-refractivity contribution in [3.8, 4) is 17.2 Å². The Balaban J connectivity index is 2.67. The lowest BCUT2D eigenvalue weighted by Crippen LogP contribution is -2.21. The fourth-order valence-corrected chi connectivity index (χ4v) is 4.26. The Bertz CT molecular complexity index is 806. The van der Waals surface area contributed by atoms with Crippen molar-refractivity contribution in [2.45, 2.75) is 23.6 Å². The first-order valence-electron chi connectivity index (χ1n) is 7.48. The van der Waals surface area contributed by atoms with Crippen molar-refractivity contribution >= 4 is 9.84 Å². The number of methoxy groups -OCH3 is 3. The molecule has 0 saturated carbocycles. The highest BCUT2D eigenvalue weighted by molar-refractivity contribution is 7.91. The molecule has 0 bridgehead atoms. The van der Waals surface area contributed by atoms with Gasteiger partial charge in [-0.3, -0.25) is 0 Å². The van der Waals surface area contributed by atoms with Crippen LogP contribution in [0.15, 0.2) is 41.8 Å². The standard InChI is InChI=1S/C16H21N3O5S/c1-5-6-7-15(19-11-17-10-18-19)25(20,21)16-13(23-3)8-12(22-2)9-14(16)24-4/h5-6,8-11,15H,7H2,1-4H3. The highest BCUT2D eigenvalue weighted by Gasteiger charge is 2.35. The average molecular weight is 367 g/mol. The van der Waals surface area contributed by atoms with Crippen molar-refractivity contribution in [2.75, 3.05) is 21.3 Å². The van der Waals surface area contributed by atoms with Gasteiger partial charge in [0.2, 0.25) is 9.84 Å². The van der Waals surface area contributed by atoms with Crippen LogP contribution in [0.5, 0.6) is 17.2 Å². The molecule has 0 fully saturated rings. The van der Waals surface area contributed by atoms with E-state index >= 15 is 0 Å². The van der Waals surface area contributed by atoms with Gasteiger partial charge in [0.05, 0.1) is 21.3 Å². The lowest BCUT2D eigenvalue weighted by atomic mass is 10.3. The molecule has 1 atom stereocenters. The van der Waals surface area contributed by atoms with Gasteiger partial charge in [0.25, 0.3) is 0 Å². The summed E-state index contributed by atoms with van der Waals surface area (Å²) in [6.45, 7) is 1.82. The largest absolute Gasteiger partial charge is 0.496 e. The summed E-state index contributed by atoms with van der Waals surface area (Å²) >= 11 is 0. The van der Waals surface area contributed by atoms with E-state index in [1.807, 2.05) is 6.92 Å². The third-order valence-corrected chi connectivity index (χ3v) is 5.71. The minimum absolute atomic E-state index is 0.0525. The summed E-state index contributed by atoms with van der Waals surface area (Å²) in [7, 11) is 0.361. The Hall–Kier alpha value is -2.55. The van der Waals surface area contributed by atoms with E-state index in [2.05, 4.69) is 10.1 Å². The highest BCUT2D eigenvalue weighted by Crippen LogP contribution is 2.42. The van der Waals surface area contributed by atoms with Crippen LogP contribution in [0, 0.1) is 0 Å². The zero-order valence-electron chi connectivity index (χ0n) is 14.5. The van der Waals surface area contributed by atoms with E-state index < -0.39 is 15.2 Å². The molecule has 8 nitrogen and oxygen atoms in total. The monoisotopic (exact) mass is 367 g/mol. The summed E-state index contributed by atoms with van der Waals surface area (Å²) < 4.78 is 43.8. The zero-order valence-corrected chi connectivity index (χ0v) is 15.4. The molecule has 1 heterocycles. The number of aromatic nitrogens is 3. The van der Waals surface area contributed by atoms with Crippen LogP contribution in [0.2, 0.25) is 0 Å². The number of ether oxygens (including phenoxy) is 3. The number of benzene rings is 1. The van der Waals surface area contributed by atoms with E-state index in [0.717, 1.165) is 0 Å². The summed E-state index contributed by atoms with van der Waals surface area (Å²) in [5, 5.41) is 3.01. The number of hydrogen-bond donors (Lipinski definition) is 0. The molecular formula is C16H21N3O5S. The minimum Gasteiger partial charge on any atom is -0.496 e. The minimum atomic E-state index is -3.90. The average Bonchev–Trinajstić information content (AvgIpc) is 3.14. The maximum absolute atomic E-state index is 13.4. The number of rotatable bonds is 8. The fourth-order valence-electron chi connectivity index (χ4n) is 2.39. The number of sulfone groups is 1. The molecule has 0 aliphatic carbocycles. The van der Waals surface area contributed by atoms with E-state index in [1.165, 1.54) is 50.8 Å². The smallest absolute Gasteiger partial charge is 0.209 e. The second-order valence-corrected chi connectivity index (χ2v) is 7.08. The van der Waals surface area contributed by atoms with Gasteiger partial charge in [0, 0.05) is 18.6 Å². The van der Waals surface area contributed by atoms with Crippen molar-refractivity contribution in [3.63, 3.8) is 0 Å². The van der Waals surface area contributed by atoms with Gasteiger partial charge in [0.1, 0.15) is 29.9 Å². The lowest BCUT2D eigenvalue weighted by molar-refractivity contribution is 0.358. The molecule has 0 amide bonds. The highest BCUT2D eigenvalue weighted by atomic mass is 32.2. The van der Waals surface area contributed by atoms with E-state index in [4.69, 9.17) is 14.2 Å². The molecule has 0 N–H and O–H groups in total. The third-order valence-electron chi connectivity index (χ3n) is 3.62. The van der Waals surface area contributed by atoms with Crippen LogP contribution in [-0.2, 0) is 9.84 Å². The van der Waals surface area contributed by atoms with Crippen LogP contribution >= 0.6 is 0 Å². The number of nitrogens with zero attached hydrogens (tertiary/aromatic N) is 3. The Labute approximate surface area is 147 Å². The van der Waals surface area contributed by atoms with E-state index in [0.29, 0.717) is 5.75 Å². The maximum Gasteiger partial charge on any atom is 0.209 e. The Morgan fingerprint density at radius 2 is 1.80 bits per heavy atom. The molecule has 9 heteroatoms. The molecule has 0 aliphatic rings. The first-order chi connectivity index (χ1) is 12.0. The van der Waals surface area contributed by atoms with Crippen molar-refractivity contribution in [1.29, 1.82) is 0 Å². The molecule has 0 aliphatic heterocycles. The van der Waals surface area contributed by atoms with Crippen molar-refractivity contribution < 1.29 is 22.6 Å². The summed E-state index contributed by atoms with van der Waals surface area (Å²) in [5.74, 6) is 0.710. The maximum atomic E-state index is 13.4. The van der Waals surface area contributed by atoms with Gasteiger partial charge in [-0.25, -0.2) is 18.1 Å². The van der Waals surface area contributed by atoms with E-state index in [9.17, 15) is 8.42 Å². The van der Waals surface area contributed by atoms with Crippen LogP contribution in [0.4, 0.5) is 0 Å². The third kappa shape index (κ3) is 3.76. The summed E-state index contributed by atoms with van der Waals surface area (Å²) in [6, 6.07) is 3.01. The number of allylic oxidation sites excluding steroid dienone is 2. The fraction of sp³-hybridized carbons (Fsp3) is 0.375. The molecule has 0 spiro atoms. The summed E-state index contributed by atoms with van der Waals surface area (Å²) in [5.41, 5.74) is 0. The SMILES string of the molecule is CC=CCC(n1cncn1)S(=O)(=O)c1c(OC)cc(OC)cc1OC. The molecule has 0 saturated heterocycles. The molecule has 2 aromatic rings. The normalized spacial score (nSPS) is 13.0. The quantitative estimate of drug-likeness (QED) is 0.661. The van der Waals surface area contributed by atoms with Crippen molar-refractivity contribution in [1.82, 2.24) is 14.8 Å². The molecule has 1 unspecified atom stereocenters. The molecule has 2 rings (SSSR count). The predicted octanol–water partition coefficient (Wildman–Crippen LogP) is 2.24.